The number of nitrogens with one attached hydrogen (secondary N) is 1. The van der Waals surface area contributed by atoms with E-state index in [0.717, 1.165) is 12.1 Å². The van der Waals surface area contributed by atoms with Gasteiger partial charge in [0, 0.05) is 17.8 Å². The highest BCUT2D eigenvalue weighted by Crippen LogP contribution is 2.23. The van der Waals surface area contributed by atoms with Crippen molar-refractivity contribution in [3.63, 3.8) is 0 Å². The molecule has 1 aromatic rings. The van der Waals surface area contributed by atoms with Crippen molar-refractivity contribution in [2.24, 2.45) is 5.73 Å². The van der Waals surface area contributed by atoms with Crippen LogP contribution in [0.25, 0.3) is 0 Å². The molecule has 0 saturated heterocycles. The summed E-state index contributed by atoms with van der Waals surface area (Å²) >= 11 is 3.15. The Morgan fingerprint density at radius 2 is 2.20 bits per heavy atom. The maximum absolute atomic E-state index is 13.0. The molecule has 1 aromatic carbocycles. The molecule has 1 rings (SSSR count). The Kier molecular flexibility index (Phi) is 4.11. The molecule has 15 heavy (non-hydrogen) atoms. The molecule has 0 aliphatic carbocycles. The first-order valence-electron chi connectivity index (χ1n) is 4.94. The quantitative estimate of drug-likeness (QED) is 0.886. The summed E-state index contributed by atoms with van der Waals surface area (Å²) in [6.07, 6.45) is 0.915. The number of halogens is 2. The van der Waals surface area contributed by atoms with Crippen molar-refractivity contribution >= 4 is 21.6 Å². The SMILES string of the molecule is CCC(C)(CN)Nc1ccc(F)c(Br)c1. The largest absolute Gasteiger partial charge is 0.379 e. The molecule has 0 fully saturated rings. The van der Waals surface area contributed by atoms with Crippen molar-refractivity contribution in [3.05, 3.63) is 28.5 Å². The maximum atomic E-state index is 13.0. The predicted octanol–water partition coefficient (Wildman–Crippen LogP) is 3.13. The minimum atomic E-state index is -0.258. The summed E-state index contributed by atoms with van der Waals surface area (Å²) in [6, 6.07) is 4.86. The molecule has 0 radical (unpaired) electrons. The maximum Gasteiger partial charge on any atom is 0.137 e. The van der Waals surface area contributed by atoms with Crippen molar-refractivity contribution < 1.29 is 4.39 Å². The van der Waals surface area contributed by atoms with Crippen molar-refractivity contribution in [1.29, 1.82) is 0 Å². The highest BCUT2D eigenvalue weighted by atomic mass is 79.9. The lowest BCUT2D eigenvalue weighted by Gasteiger charge is -2.29. The zero-order valence-electron chi connectivity index (χ0n) is 8.98. The lowest BCUT2D eigenvalue weighted by Crippen LogP contribution is -2.41. The number of anilines is 1. The molecule has 0 bridgehead atoms. The molecule has 0 heterocycles. The Labute approximate surface area is 98.2 Å². The summed E-state index contributed by atoms with van der Waals surface area (Å²) < 4.78 is 13.5. The van der Waals surface area contributed by atoms with E-state index in [1.807, 2.05) is 6.92 Å². The second-order valence-corrected chi connectivity index (χ2v) is 4.73. The molecular formula is C11H16BrFN2. The fourth-order valence-corrected chi connectivity index (χ4v) is 1.58. The molecule has 0 aliphatic rings. The summed E-state index contributed by atoms with van der Waals surface area (Å²) in [4.78, 5) is 0. The molecule has 1 unspecified atom stereocenters. The van der Waals surface area contributed by atoms with Crippen LogP contribution in [0.3, 0.4) is 0 Å². The van der Waals surface area contributed by atoms with Crippen molar-refractivity contribution in [2.45, 2.75) is 25.8 Å². The lowest BCUT2D eigenvalue weighted by molar-refractivity contribution is 0.506. The normalized spacial score (nSPS) is 14.7. The van der Waals surface area contributed by atoms with E-state index in [1.165, 1.54) is 6.07 Å². The van der Waals surface area contributed by atoms with E-state index >= 15 is 0 Å². The Bertz CT molecular complexity index is 337. The van der Waals surface area contributed by atoms with Gasteiger partial charge in [0.25, 0.3) is 0 Å². The van der Waals surface area contributed by atoms with E-state index in [2.05, 4.69) is 28.2 Å². The molecule has 4 heteroatoms. The Morgan fingerprint density at radius 3 is 2.67 bits per heavy atom. The first-order valence-corrected chi connectivity index (χ1v) is 5.73. The average molecular weight is 275 g/mol. The van der Waals surface area contributed by atoms with Gasteiger partial charge in [-0.3, -0.25) is 0 Å². The molecule has 1 atom stereocenters. The number of hydrogen-bond acceptors (Lipinski definition) is 2. The van der Waals surface area contributed by atoms with E-state index in [1.54, 1.807) is 12.1 Å². The van der Waals surface area contributed by atoms with Gasteiger partial charge in [0.2, 0.25) is 0 Å². The minimum Gasteiger partial charge on any atom is -0.379 e. The van der Waals surface area contributed by atoms with Gasteiger partial charge in [0.05, 0.1) is 4.47 Å². The second kappa shape index (κ2) is 4.94. The zero-order valence-corrected chi connectivity index (χ0v) is 10.6. The predicted molar refractivity (Wildman–Crippen MR) is 65.5 cm³/mol. The van der Waals surface area contributed by atoms with Crippen LogP contribution in [0.2, 0.25) is 0 Å². The summed E-state index contributed by atoms with van der Waals surface area (Å²) in [5, 5.41) is 3.30. The smallest absolute Gasteiger partial charge is 0.137 e. The summed E-state index contributed by atoms with van der Waals surface area (Å²) in [6.45, 7) is 4.65. The van der Waals surface area contributed by atoms with E-state index in [9.17, 15) is 4.39 Å². The third kappa shape index (κ3) is 3.18. The fourth-order valence-electron chi connectivity index (χ4n) is 1.21. The topological polar surface area (TPSA) is 38.0 Å². The van der Waals surface area contributed by atoms with Crippen LogP contribution in [0.4, 0.5) is 10.1 Å². The number of hydrogen-bond donors (Lipinski definition) is 2. The molecule has 0 amide bonds. The van der Waals surface area contributed by atoms with Crippen molar-refractivity contribution in [3.8, 4) is 0 Å². The van der Waals surface area contributed by atoms with Crippen LogP contribution in [0.5, 0.6) is 0 Å². The van der Waals surface area contributed by atoms with E-state index in [0.29, 0.717) is 11.0 Å². The van der Waals surface area contributed by atoms with Crippen LogP contribution in [-0.2, 0) is 0 Å². The van der Waals surface area contributed by atoms with Gasteiger partial charge in [0.15, 0.2) is 0 Å². The van der Waals surface area contributed by atoms with Crippen LogP contribution in [-0.4, -0.2) is 12.1 Å². The Morgan fingerprint density at radius 1 is 1.53 bits per heavy atom. The fraction of sp³-hybridized carbons (Fsp3) is 0.455. The summed E-state index contributed by atoms with van der Waals surface area (Å²) in [5.41, 5.74) is 6.42. The molecular weight excluding hydrogens is 259 g/mol. The summed E-state index contributed by atoms with van der Waals surface area (Å²) in [7, 11) is 0. The van der Waals surface area contributed by atoms with Gasteiger partial charge in [-0.2, -0.15) is 0 Å². The number of nitrogens with two attached hydrogens (primary N) is 1. The van der Waals surface area contributed by atoms with Crippen LogP contribution in [0.15, 0.2) is 22.7 Å². The minimum absolute atomic E-state index is 0.142. The first-order chi connectivity index (χ1) is 7.00. The highest BCUT2D eigenvalue weighted by molar-refractivity contribution is 9.10. The second-order valence-electron chi connectivity index (χ2n) is 3.87. The van der Waals surface area contributed by atoms with Crippen LogP contribution >= 0.6 is 15.9 Å². The molecule has 2 nitrogen and oxygen atoms in total. The molecule has 0 aliphatic heterocycles. The van der Waals surface area contributed by atoms with Crippen LogP contribution in [0.1, 0.15) is 20.3 Å². The average Bonchev–Trinajstić information content (AvgIpc) is 2.23. The van der Waals surface area contributed by atoms with Gasteiger partial charge in [-0.15, -0.1) is 0 Å². The van der Waals surface area contributed by atoms with Gasteiger partial charge in [-0.1, -0.05) is 6.92 Å². The molecule has 0 saturated carbocycles. The van der Waals surface area contributed by atoms with E-state index in [-0.39, 0.29) is 11.4 Å². The van der Waals surface area contributed by atoms with E-state index in [4.69, 9.17) is 5.73 Å². The molecule has 0 spiro atoms. The van der Waals surface area contributed by atoms with E-state index < -0.39 is 0 Å². The van der Waals surface area contributed by atoms with Gasteiger partial charge in [0.1, 0.15) is 5.82 Å². The monoisotopic (exact) mass is 274 g/mol. The lowest BCUT2D eigenvalue weighted by atomic mass is 9.99. The first kappa shape index (κ1) is 12.5. The van der Waals surface area contributed by atoms with Crippen LogP contribution < -0.4 is 11.1 Å². The van der Waals surface area contributed by atoms with Gasteiger partial charge >= 0.3 is 0 Å². The summed E-state index contributed by atoms with van der Waals surface area (Å²) in [5.74, 6) is -0.258. The van der Waals surface area contributed by atoms with Gasteiger partial charge in [-0.25, -0.2) is 4.39 Å². The third-order valence-corrected chi connectivity index (χ3v) is 3.20. The molecule has 0 aromatic heterocycles. The van der Waals surface area contributed by atoms with Gasteiger partial charge in [-0.05, 0) is 47.5 Å². The molecule has 84 valence electrons. The highest BCUT2D eigenvalue weighted by Gasteiger charge is 2.19. The number of benzene rings is 1. The third-order valence-electron chi connectivity index (χ3n) is 2.60. The van der Waals surface area contributed by atoms with Crippen LogP contribution in [0, 0.1) is 5.82 Å². The number of rotatable bonds is 4. The Hall–Kier alpha value is -0.610. The Balaban J connectivity index is 2.85. The van der Waals surface area contributed by atoms with Crippen molar-refractivity contribution in [2.75, 3.05) is 11.9 Å². The zero-order chi connectivity index (χ0) is 11.5. The van der Waals surface area contributed by atoms with Crippen molar-refractivity contribution in [1.82, 2.24) is 0 Å². The van der Waals surface area contributed by atoms with Gasteiger partial charge < -0.3 is 11.1 Å². The molecule has 3 N–H and O–H groups in total. The standard InChI is InChI=1S/C11H16BrFN2/c1-3-11(2,7-14)15-8-4-5-10(13)9(12)6-8/h4-6,15H,3,7,14H2,1-2H3.